The van der Waals surface area contributed by atoms with E-state index in [4.69, 9.17) is 4.99 Å². The topological polar surface area (TPSA) is 110 Å². The number of H-pyrrole nitrogens is 1. The molecule has 4 N–H and O–H groups in total. The number of aromatic amines is 1. The second-order valence-corrected chi connectivity index (χ2v) is 10.0. The molecule has 1 fully saturated rings. The molecule has 0 bridgehead atoms. The fourth-order valence-electron chi connectivity index (χ4n) is 5.17. The highest BCUT2D eigenvalue weighted by Crippen LogP contribution is 2.32. The normalized spacial score (nSPS) is 17.8. The average Bonchev–Trinajstić information content (AvgIpc) is 3.26. The molecule has 200 valence electrons. The van der Waals surface area contributed by atoms with Gasteiger partial charge in [-0.1, -0.05) is 36.4 Å². The third kappa shape index (κ3) is 5.56. The molecule has 1 aliphatic heterocycles. The van der Waals surface area contributed by atoms with Gasteiger partial charge in [0.15, 0.2) is 5.88 Å². The summed E-state index contributed by atoms with van der Waals surface area (Å²) in [6.07, 6.45) is 0. The summed E-state index contributed by atoms with van der Waals surface area (Å²) in [5.74, 6) is -0.202. The van der Waals surface area contributed by atoms with E-state index in [-0.39, 0.29) is 29.8 Å². The van der Waals surface area contributed by atoms with Crippen molar-refractivity contribution in [2.45, 2.75) is 32.9 Å². The van der Waals surface area contributed by atoms with E-state index in [1.165, 1.54) is 0 Å². The highest BCUT2D eigenvalue weighted by molar-refractivity contribution is 6.22. The van der Waals surface area contributed by atoms with Gasteiger partial charge in [0, 0.05) is 59.3 Å². The third-order valence-electron chi connectivity index (χ3n) is 6.86. The van der Waals surface area contributed by atoms with Crippen LogP contribution in [0.1, 0.15) is 52.6 Å². The maximum absolute atomic E-state index is 13.1. The minimum absolute atomic E-state index is 0.00574. The van der Waals surface area contributed by atoms with Crippen molar-refractivity contribution in [2.24, 2.45) is 4.99 Å². The monoisotopic (exact) mass is 523 g/mol. The number of fused-ring (bicyclic) bond motifs is 1. The highest BCUT2D eigenvalue weighted by atomic mass is 16.3. The number of carbonyl (C=O) groups excluding carboxylic acids is 2. The molecule has 8 heteroatoms. The van der Waals surface area contributed by atoms with Crippen LogP contribution in [0.15, 0.2) is 77.8 Å². The molecule has 2 atom stereocenters. The number of amides is 2. The van der Waals surface area contributed by atoms with Crippen LogP contribution in [0.3, 0.4) is 0 Å². The Labute approximate surface area is 227 Å². The van der Waals surface area contributed by atoms with E-state index in [2.05, 4.69) is 29.5 Å². The van der Waals surface area contributed by atoms with E-state index in [9.17, 15) is 14.7 Å². The van der Waals surface area contributed by atoms with E-state index in [0.29, 0.717) is 53.2 Å². The molecule has 2 unspecified atom stereocenters. The van der Waals surface area contributed by atoms with Crippen LogP contribution < -0.4 is 10.6 Å². The number of hydrogen-bond acceptors (Lipinski definition) is 5. The van der Waals surface area contributed by atoms with E-state index in [1.54, 1.807) is 24.3 Å². The first kappa shape index (κ1) is 26.2. The Hall–Kier alpha value is -4.43. The Balaban J connectivity index is 1.52. The van der Waals surface area contributed by atoms with Gasteiger partial charge in [0.1, 0.15) is 0 Å². The molecule has 1 saturated heterocycles. The van der Waals surface area contributed by atoms with Gasteiger partial charge in [-0.3, -0.25) is 9.59 Å². The first-order valence-electron chi connectivity index (χ1n) is 13.3. The summed E-state index contributed by atoms with van der Waals surface area (Å²) in [5.41, 5.74) is 4.35. The summed E-state index contributed by atoms with van der Waals surface area (Å²) in [6.45, 7) is 7.90. The number of nitrogens with one attached hydrogen (secondary N) is 3. The second kappa shape index (κ2) is 11.1. The summed E-state index contributed by atoms with van der Waals surface area (Å²) in [4.78, 5) is 35.3. The Bertz CT molecular complexity index is 1520. The van der Waals surface area contributed by atoms with Crippen LogP contribution in [0.2, 0.25) is 0 Å². The fraction of sp³-hybridized carbons (Fsp3) is 0.258. The quantitative estimate of drug-likeness (QED) is 0.277. The van der Waals surface area contributed by atoms with Crippen molar-refractivity contribution in [1.29, 1.82) is 0 Å². The van der Waals surface area contributed by atoms with Crippen molar-refractivity contribution < 1.29 is 14.7 Å². The lowest BCUT2D eigenvalue weighted by molar-refractivity contribution is 0.0673. The van der Waals surface area contributed by atoms with E-state index in [1.807, 2.05) is 60.4 Å². The number of aliphatic imine (C=N–C) groups is 1. The molecule has 0 saturated carbocycles. The SMILES string of the molecule is CCNC(=O)c1ccc2c(C(=Nc3ccc(C(=O)N4CC(C)NC(C)C4)cc3)c3ccccc3)c(O)[nH]c2c1. The largest absolute Gasteiger partial charge is 0.494 e. The van der Waals surface area contributed by atoms with Gasteiger partial charge in [-0.05, 0) is 57.2 Å². The molecule has 0 spiro atoms. The fourth-order valence-corrected chi connectivity index (χ4v) is 5.17. The molecule has 2 heterocycles. The number of carbonyl (C=O) groups is 2. The second-order valence-electron chi connectivity index (χ2n) is 10.0. The zero-order valence-electron chi connectivity index (χ0n) is 22.4. The van der Waals surface area contributed by atoms with Gasteiger partial charge in [-0.2, -0.15) is 0 Å². The molecule has 39 heavy (non-hydrogen) atoms. The van der Waals surface area contributed by atoms with Gasteiger partial charge in [-0.25, -0.2) is 4.99 Å². The van der Waals surface area contributed by atoms with Gasteiger partial charge in [0.05, 0.1) is 17.0 Å². The highest BCUT2D eigenvalue weighted by Gasteiger charge is 2.25. The van der Waals surface area contributed by atoms with Crippen molar-refractivity contribution in [2.75, 3.05) is 19.6 Å². The van der Waals surface area contributed by atoms with Crippen LogP contribution in [-0.2, 0) is 0 Å². The maximum Gasteiger partial charge on any atom is 0.253 e. The lowest BCUT2D eigenvalue weighted by atomic mass is 10.00. The minimum atomic E-state index is -0.175. The van der Waals surface area contributed by atoms with Gasteiger partial charge in [-0.15, -0.1) is 0 Å². The lowest BCUT2D eigenvalue weighted by Crippen LogP contribution is -2.55. The molecule has 1 aliphatic rings. The first-order valence-corrected chi connectivity index (χ1v) is 13.3. The molecular formula is C31H33N5O3. The number of benzene rings is 3. The van der Waals surface area contributed by atoms with Crippen LogP contribution in [0.5, 0.6) is 5.88 Å². The summed E-state index contributed by atoms with van der Waals surface area (Å²) in [6, 6.07) is 22.7. The molecule has 0 radical (unpaired) electrons. The summed E-state index contributed by atoms with van der Waals surface area (Å²) >= 11 is 0. The first-order chi connectivity index (χ1) is 18.8. The van der Waals surface area contributed by atoms with Crippen LogP contribution >= 0.6 is 0 Å². The van der Waals surface area contributed by atoms with E-state index in [0.717, 1.165) is 10.9 Å². The van der Waals surface area contributed by atoms with Crippen molar-refractivity contribution in [1.82, 2.24) is 20.5 Å². The van der Waals surface area contributed by atoms with Crippen molar-refractivity contribution in [3.8, 4) is 5.88 Å². The van der Waals surface area contributed by atoms with E-state index >= 15 is 0 Å². The lowest BCUT2D eigenvalue weighted by Gasteiger charge is -2.36. The molecule has 0 aliphatic carbocycles. The molecule has 5 rings (SSSR count). The predicted octanol–water partition coefficient (Wildman–Crippen LogP) is 4.61. The number of piperazine rings is 1. The number of rotatable bonds is 6. The number of aromatic hydroxyl groups is 1. The van der Waals surface area contributed by atoms with Gasteiger partial charge in [0.25, 0.3) is 11.8 Å². The molecule has 8 nitrogen and oxygen atoms in total. The van der Waals surface area contributed by atoms with Crippen molar-refractivity contribution in [3.63, 3.8) is 0 Å². The Morgan fingerprint density at radius 1 is 0.949 bits per heavy atom. The van der Waals surface area contributed by atoms with Gasteiger partial charge in [0.2, 0.25) is 0 Å². The number of hydrogen-bond donors (Lipinski definition) is 4. The minimum Gasteiger partial charge on any atom is -0.494 e. The third-order valence-corrected chi connectivity index (χ3v) is 6.86. The number of aromatic nitrogens is 1. The maximum atomic E-state index is 13.1. The zero-order chi connectivity index (χ0) is 27.5. The molecule has 1 aromatic heterocycles. The van der Waals surface area contributed by atoms with Gasteiger partial charge >= 0.3 is 0 Å². The molecule has 2 amide bonds. The van der Waals surface area contributed by atoms with E-state index < -0.39 is 0 Å². The zero-order valence-corrected chi connectivity index (χ0v) is 22.4. The van der Waals surface area contributed by atoms with Crippen molar-refractivity contribution in [3.05, 3.63) is 95.1 Å². The van der Waals surface area contributed by atoms with Crippen LogP contribution in [0, 0.1) is 0 Å². The Morgan fingerprint density at radius 3 is 2.28 bits per heavy atom. The number of nitrogens with zero attached hydrogens (tertiary/aromatic N) is 2. The molecule has 4 aromatic rings. The van der Waals surface area contributed by atoms with Crippen LogP contribution in [0.4, 0.5) is 5.69 Å². The Morgan fingerprint density at radius 2 is 1.62 bits per heavy atom. The smallest absolute Gasteiger partial charge is 0.253 e. The molecular weight excluding hydrogens is 490 g/mol. The Kier molecular flexibility index (Phi) is 7.47. The predicted molar refractivity (Wildman–Crippen MR) is 154 cm³/mol. The molecule has 3 aromatic carbocycles. The average molecular weight is 524 g/mol. The van der Waals surface area contributed by atoms with Crippen molar-refractivity contribution >= 4 is 34.1 Å². The summed E-state index contributed by atoms with van der Waals surface area (Å²) in [7, 11) is 0. The standard InChI is InChI=1S/C31H33N5O3/c1-4-32-29(37)23-12-15-25-26(16-23)35-30(38)27(25)28(21-8-6-5-7-9-21)34-24-13-10-22(11-14-24)31(39)36-17-19(2)33-20(3)18-36/h5-16,19-20,33,35,38H,4,17-18H2,1-3H3,(H,32,37). The van der Waals surface area contributed by atoms with Gasteiger partial charge < -0.3 is 25.6 Å². The summed E-state index contributed by atoms with van der Waals surface area (Å²) < 4.78 is 0. The van der Waals surface area contributed by atoms with Crippen LogP contribution in [-0.4, -0.2) is 64.2 Å². The van der Waals surface area contributed by atoms with Crippen LogP contribution in [0.25, 0.3) is 10.9 Å². The summed E-state index contributed by atoms with van der Waals surface area (Å²) in [5, 5.41) is 18.0.